The average molecular weight is 555 g/mol. The minimum Gasteiger partial charge on any atom is -0.425 e. The fraction of sp³-hybridized carbons (Fsp3) is 0.600. The molecular weight excluding hydrogens is 524 g/mol. The van der Waals surface area contributed by atoms with Gasteiger partial charge in [-0.15, -0.1) is 0 Å². The highest BCUT2D eigenvalue weighted by molar-refractivity contribution is 5.84. The summed E-state index contributed by atoms with van der Waals surface area (Å²) in [5.41, 5.74) is 6.63. The molecule has 6 rings (SSSR count). The summed E-state index contributed by atoms with van der Waals surface area (Å²) in [6, 6.07) is 0.0776. The van der Waals surface area contributed by atoms with Crippen LogP contribution in [0.4, 0.5) is 10.6 Å². The van der Waals surface area contributed by atoms with Crippen LogP contribution in [0.1, 0.15) is 50.6 Å². The number of aromatic nitrogens is 4. The maximum Gasteiger partial charge on any atom is 0.411 e. The molecule has 3 aliphatic heterocycles. The second-order valence-corrected chi connectivity index (χ2v) is 10.5. The molecule has 2 aromatic rings. The fourth-order valence-corrected chi connectivity index (χ4v) is 4.99. The molecule has 0 aromatic carbocycles. The van der Waals surface area contributed by atoms with Crippen LogP contribution in [-0.2, 0) is 19.1 Å². The monoisotopic (exact) mass is 554 g/mol. The quantitative estimate of drug-likeness (QED) is 0.218. The van der Waals surface area contributed by atoms with Crippen molar-refractivity contribution in [3.8, 4) is 11.8 Å². The Morgan fingerprint density at radius 2 is 1.95 bits per heavy atom. The van der Waals surface area contributed by atoms with E-state index in [9.17, 15) is 24.6 Å². The SMILES string of the molecule is Nc1nc(C#CCC2CCN(C(=O)OC3CC(=O)N3)CC2)nc2c1ncn2C1OC(C(=O)NC2CC2)C(O)C1O. The van der Waals surface area contributed by atoms with Crippen molar-refractivity contribution in [2.75, 3.05) is 18.8 Å². The number of nitrogens with two attached hydrogens (primary N) is 1. The van der Waals surface area contributed by atoms with Crippen molar-refractivity contribution in [1.82, 2.24) is 35.1 Å². The highest BCUT2D eigenvalue weighted by Gasteiger charge is 2.48. The van der Waals surface area contributed by atoms with Crippen molar-refractivity contribution >= 4 is 34.9 Å². The maximum atomic E-state index is 12.5. The molecule has 15 heteroatoms. The number of β-lactam (4-membered cyclic amide) rings is 1. The van der Waals surface area contributed by atoms with Gasteiger partial charge in [-0.25, -0.2) is 19.7 Å². The molecule has 3 saturated heterocycles. The highest BCUT2D eigenvalue weighted by atomic mass is 16.6. The predicted octanol–water partition coefficient (Wildman–Crippen LogP) is -1.26. The van der Waals surface area contributed by atoms with Gasteiger partial charge in [0, 0.05) is 25.6 Å². The molecule has 0 spiro atoms. The number of amides is 3. The number of aliphatic hydroxyl groups is 2. The Morgan fingerprint density at radius 1 is 1.20 bits per heavy atom. The van der Waals surface area contributed by atoms with E-state index in [-0.39, 0.29) is 47.1 Å². The van der Waals surface area contributed by atoms with E-state index >= 15 is 0 Å². The normalized spacial score (nSPS) is 28.4. The van der Waals surface area contributed by atoms with Crippen LogP contribution in [0, 0.1) is 17.8 Å². The summed E-state index contributed by atoms with van der Waals surface area (Å²) in [6.07, 6.45) is -0.727. The third kappa shape index (κ3) is 5.25. The van der Waals surface area contributed by atoms with Crippen molar-refractivity contribution < 1.29 is 34.1 Å². The molecule has 6 N–H and O–H groups in total. The number of hydrogen-bond acceptors (Lipinski definition) is 11. The number of carbonyl (C=O) groups is 3. The summed E-state index contributed by atoms with van der Waals surface area (Å²) in [5.74, 6) is 5.94. The number of ether oxygens (including phenoxy) is 2. The van der Waals surface area contributed by atoms with E-state index < -0.39 is 42.8 Å². The zero-order valence-corrected chi connectivity index (χ0v) is 21.5. The summed E-state index contributed by atoms with van der Waals surface area (Å²) in [6.45, 7) is 1.07. The van der Waals surface area contributed by atoms with Crippen molar-refractivity contribution in [2.24, 2.45) is 5.92 Å². The third-order valence-electron chi connectivity index (χ3n) is 7.54. The zero-order valence-electron chi connectivity index (χ0n) is 21.5. The van der Waals surface area contributed by atoms with Crippen LogP contribution in [-0.4, -0.2) is 96.2 Å². The van der Waals surface area contributed by atoms with Crippen LogP contribution in [0.3, 0.4) is 0 Å². The number of piperidine rings is 1. The Hall–Kier alpha value is -4.00. The molecule has 5 atom stereocenters. The topological polar surface area (TPSA) is 207 Å². The molecule has 40 heavy (non-hydrogen) atoms. The van der Waals surface area contributed by atoms with E-state index in [0.717, 1.165) is 25.7 Å². The largest absolute Gasteiger partial charge is 0.425 e. The first kappa shape index (κ1) is 26.2. The molecule has 212 valence electrons. The molecular formula is C25H30N8O7. The third-order valence-corrected chi connectivity index (χ3v) is 7.54. The van der Waals surface area contributed by atoms with Gasteiger partial charge in [-0.05, 0) is 37.5 Å². The maximum absolute atomic E-state index is 12.5. The summed E-state index contributed by atoms with van der Waals surface area (Å²) in [5, 5.41) is 26.4. The number of fused-ring (bicyclic) bond motifs is 1. The van der Waals surface area contributed by atoms with E-state index in [1.165, 1.54) is 10.9 Å². The molecule has 15 nitrogen and oxygen atoms in total. The number of nitrogens with one attached hydrogen (secondary N) is 2. The van der Waals surface area contributed by atoms with E-state index in [0.29, 0.717) is 19.5 Å². The zero-order chi connectivity index (χ0) is 28.0. The van der Waals surface area contributed by atoms with Gasteiger partial charge in [0.15, 0.2) is 30.0 Å². The number of nitrogen functional groups attached to an aromatic ring is 1. The molecule has 1 saturated carbocycles. The average Bonchev–Trinajstić information content (AvgIpc) is 3.55. The standard InChI is InChI=1S/C25H30N8O7/c26-21-17-22(33(11-27-17)24-19(36)18(35)20(40-24)23(37)28-13-4-5-13)30-14(29-21)3-1-2-12-6-8-32(9-7-12)25(38)39-16-10-15(34)31-16/h11-13,16,18-20,24,35-36H,2,4-10H2,(H,28,37)(H,31,34)(H2,26,29,30). The first-order valence-electron chi connectivity index (χ1n) is 13.3. The van der Waals surface area contributed by atoms with Crippen molar-refractivity contribution in [2.45, 2.75) is 75.3 Å². The van der Waals surface area contributed by atoms with Gasteiger partial charge in [-0.1, -0.05) is 5.92 Å². The molecule has 2 aromatic heterocycles. The number of rotatable bonds is 5. The van der Waals surface area contributed by atoms with Crippen LogP contribution in [0.5, 0.6) is 0 Å². The van der Waals surface area contributed by atoms with Gasteiger partial charge in [0.05, 0.1) is 12.7 Å². The van der Waals surface area contributed by atoms with Gasteiger partial charge in [0.2, 0.25) is 11.7 Å². The van der Waals surface area contributed by atoms with Gasteiger partial charge in [0.1, 0.15) is 17.7 Å². The number of likely N-dealkylation sites (tertiary alicyclic amines) is 1. The second-order valence-electron chi connectivity index (χ2n) is 10.5. The van der Waals surface area contributed by atoms with Gasteiger partial charge >= 0.3 is 6.09 Å². The minimum absolute atomic E-state index is 0.0776. The van der Waals surface area contributed by atoms with Crippen molar-refractivity contribution in [3.63, 3.8) is 0 Å². The Balaban J connectivity index is 1.08. The number of anilines is 1. The Morgan fingerprint density at radius 3 is 2.65 bits per heavy atom. The fourth-order valence-electron chi connectivity index (χ4n) is 4.99. The summed E-state index contributed by atoms with van der Waals surface area (Å²) >= 11 is 0. The van der Waals surface area contributed by atoms with Gasteiger partial charge in [-0.3, -0.25) is 14.2 Å². The van der Waals surface area contributed by atoms with Crippen molar-refractivity contribution in [3.05, 3.63) is 12.2 Å². The summed E-state index contributed by atoms with van der Waals surface area (Å²) < 4.78 is 12.4. The van der Waals surface area contributed by atoms with Crippen LogP contribution in [0.25, 0.3) is 11.2 Å². The van der Waals surface area contributed by atoms with Gasteiger partial charge < -0.3 is 41.0 Å². The molecule has 5 unspecified atom stereocenters. The molecule has 4 fully saturated rings. The Bertz CT molecular complexity index is 1380. The van der Waals surface area contributed by atoms with E-state index in [4.69, 9.17) is 15.2 Å². The van der Waals surface area contributed by atoms with Crippen LogP contribution in [0.15, 0.2) is 6.33 Å². The molecule has 3 amide bonds. The molecule has 1 aliphatic carbocycles. The van der Waals surface area contributed by atoms with Crippen molar-refractivity contribution in [1.29, 1.82) is 0 Å². The van der Waals surface area contributed by atoms with Gasteiger partial charge in [0.25, 0.3) is 5.91 Å². The number of hydrogen-bond donors (Lipinski definition) is 5. The molecule has 5 heterocycles. The molecule has 0 radical (unpaired) electrons. The summed E-state index contributed by atoms with van der Waals surface area (Å²) in [4.78, 5) is 50.2. The molecule has 4 aliphatic rings. The lowest BCUT2D eigenvalue weighted by molar-refractivity contribution is -0.138. The van der Waals surface area contributed by atoms with E-state index in [1.54, 1.807) is 4.90 Å². The molecule has 0 bridgehead atoms. The van der Waals surface area contributed by atoms with E-state index in [2.05, 4.69) is 37.4 Å². The summed E-state index contributed by atoms with van der Waals surface area (Å²) in [7, 11) is 0. The first-order chi connectivity index (χ1) is 19.3. The lowest BCUT2D eigenvalue weighted by Crippen LogP contribution is -2.53. The lowest BCUT2D eigenvalue weighted by Gasteiger charge is -2.33. The van der Waals surface area contributed by atoms with Crippen LogP contribution < -0.4 is 16.4 Å². The minimum atomic E-state index is -1.42. The van der Waals surface area contributed by atoms with Crippen LogP contribution >= 0.6 is 0 Å². The number of carbonyl (C=O) groups excluding carboxylic acids is 3. The second kappa shape index (κ2) is 10.5. The number of aliphatic hydroxyl groups excluding tert-OH is 2. The Kier molecular flexibility index (Phi) is 6.90. The van der Waals surface area contributed by atoms with Gasteiger partial charge in [-0.2, -0.15) is 0 Å². The Labute approximate surface area is 228 Å². The predicted molar refractivity (Wildman–Crippen MR) is 136 cm³/mol. The van der Waals surface area contributed by atoms with Crippen LogP contribution in [0.2, 0.25) is 0 Å². The van der Waals surface area contributed by atoms with E-state index in [1.807, 2.05) is 0 Å². The smallest absolute Gasteiger partial charge is 0.411 e. The number of nitrogens with zero attached hydrogens (tertiary/aromatic N) is 5. The number of imidazole rings is 1. The highest BCUT2D eigenvalue weighted by Crippen LogP contribution is 2.33. The lowest BCUT2D eigenvalue weighted by atomic mass is 9.94. The first-order valence-corrected chi connectivity index (χ1v) is 13.3.